The Kier molecular flexibility index (Phi) is 2.92. The summed E-state index contributed by atoms with van der Waals surface area (Å²) in [6.07, 6.45) is 2.20. The molecule has 0 aromatic heterocycles. The smallest absolute Gasteiger partial charge is 0.211 e. The zero-order chi connectivity index (χ0) is 13.2. The zero-order valence-corrected chi connectivity index (χ0v) is 11.1. The average molecular weight is 250 g/mol. The molecule has 2 aromatic rings. The molecule has 0 saturated carbocycles. The number of fused-ring (bicyclic) bond motifs is 1. The van der Waals surface area contributed by atoms with Crippen LogP contribution in [0.3, 0.4) is 0 Å². The lowest BCUT2D eigenvalue weighted by atomic mass is 10.0. The van der Waals surface area contributed by atoms with E-state index in [1.807, 2.05) is 12.1 Å². The van der Waals surface area contributed by atoms with E-state index in [1.165, 1.54) is 28.1 Å². The number of hydrogen-bond acceptors (Lipinski definition) is 1. The molecule has 0 bridgehead atoms. The van der Waals surface area contributed by atoms with Crippen LogP contribution >= 0.6 is 0 Å². The van der Waals surface area contributed by atoms with Gasteiger partial charge < -0.3 is 4.74 Å². The molecule has 1 aliphatic rings. The van der Waals surface area contributed by atoms with Crippen molar-refractivity contribution in [3.05, 3.63) is 59.7 Å². The van der Waals surface area contributed by atoms with E-state index < -0.39 is 0 Å². The van der Waals surface area contributed by atoms with Crippen molar-refractivity contribution >= 4 is 23.0 Å². The predicted molar refractivity (Wildman–Crippen MR) is 78.6 cm³/mol. The molecule has 2 aromatic carbocycles. The van der Waals surface area contributed by atoms with Gasteiger partial charge in [0.15, 0.2) is 5.71 Å². The van der Waals surface area contributed by atoms with Gasteiger partial charge in [-0.3, -0.25) is 0 Å². The topological polar surface area (TPSA) is 23.2 Å². The van der Waals surface area contributed by atoms with Crippen LogP contribution in [0.15, 0.2) is 48.5 Å². The largest absolute Gasteiger partial charge is 0.497 e. The molecule has 1 heterocycles. The van der Waals surface area contributed by atoms with E-state index in [2.05, 4.69) is 54.4 Å². The second-order valence-electron chi connectivity index (χ2n) is 4.63. The number of methoxy groups -OCH3 is 1. The number of allylic oxidation sites excluding steroid dienone is 1. The molecule has 0 amide bonds. The highest BCUT2D eigenvalue weighted by atomic mass is 16.5. The van der Waals surface area contributed by atoms with Crippen LogP contribution in [0.1, 0.15) is 18.1 Å². The molecule has 2 heteroatoms. The summed E-state index contributed by atoms with van der Waals surface area (Å²) in [4.78, 5) is 3.41. The lowest BCUT2D eigenvalue weighted by molar-refractivity contribution is -0.349. The van der Waals surface area contributed by atoms with Gasteiger partial charge in [-0.25, -0.2) is 4.99 Å². The Morgan fingerprint density at radius 2 is 1.74 bits per heavy atom. The Bertz CT molecular complexity index is 666. The Morgan fingerprint density at radius 1 is 1.00 bits per heavy atom. The maximum Gasteiger partial charge on any atom is 0.211 e. The fourth-order valence-corrected chi connectivity index (χ4v) is 2.35. The molecule has 0 aliphatic carbocycles. The minimum absolute atomic E-state index is 0.882. The van der Waals surface area contributed by atoms with Gasteiger partial charge in [0, 0.05) is 13.0 Å². The van der Waals surface area contributed by atoms with E-state index in [4.69, 9.17) is 4.74 Å². The molecule has 1 aliphatic heterocycles. The van der Waals surface area contributed by atoms with Crippen molar-refractivity contribution in [3.8, 4) is 5.75 Å². The third-order valence-electron chi connectivity index (χ3n) is 3.37. The van der Waals surface area contributed by atoms with Crippen molar-refractivity contribution < 1.29 is 9.73 Å². The lowest BCUT2D eigenvalue weighted by Crippen LogP contribution is -2.62. The average Bonchev–Trinajstić information content (AvgIpc) is 2.76. The number of nitrogens with one attached hydrogen (secondary N) is 1. The van der Waals surface area contributed by atoms with Crippen LogP contribution in [0.4, 0.5) is 5.69 Å². The van der Waals surface area contributed by atoms with Crippen molar-refractivity contribution in [1.29, 1.82) is 0 Å². The van der Waals surface area contributed by atoms with Crippen LogP contribution in [-0.4, -0.2) is 12.8 Å². The van der Waals surface area contributed by atoms with E-state index in [1.54, 1.807) is 7.11 Å². The zero-order valence-electron chi connectivity index (χ0n) is 11.1. The Balaban J connectivity index is 2.02. The van der Waals surface area contributed by atoms with Crippen LogP contribution < -0.4 is 9.73 Å². The van der Waals surface area contributed by atoms with E-state index >= 15 is 0 Å². The SMILES string of the molecule is COc1ccc(/C=C2\C(C)=[NH+]c3ccccc32)cc1. The summed E-state index contributed by atoms with van der Waals surface area (Å²) in [5.74, 6) is 0.882. The Hall–Kier alpha value is -2.35. The summed E-state index contributed by atoms with van der Waals surface area (Å²) in [5, 5.41) is 0. The summed E-state index contributed by atoms with van der Waals surface area (Å²) in [6.45, 7) is 2.11. The minimum atomic E-state index is 0.882. The fraction of sp³-hybridized carbons (Fsp3) is 0.118. The van der Waals surface area contributed by atoms with Crippen LogP contribution in [0.25, 0.3) is 11.6 Å². The standard InChI is InChI=1S/C17H15NO/c1-12-16(15-5-3-4-6-17(15)18-12)11-13-7-9-14(19-2)10-8-13/h3-11H,1-2H3/p+1/b16-11+. The van der Waals surface area contributed by atoms with Gasteiger partial charge in [-0.15, -0.1) is 0 Å². The lowest BCUT2D eigenvalue weighted by Gasteiger charge is -2.01. The molecular weight excluding hydrogens is 234 g/mol. The van der Waals surface area contributed by atoms with E-state index in [-0.39, 0.29) is 0 Å². The van der Waals surface area contributed by atoms with Gasteiger partial charge in [-0.1, -0.05) is 24.3 Å². The molecule has 0 unspecified atom stereocenters. The van der Waals surface area contributed by atoms with Crippen LogP contribution in [-0.2, 0) is 0 Å². The number of para-hydroxylation sites is 1. The van der Waals surface area contributed by atoms with Crippen molar-refractivity contribution in [2.24, 2.45) is 0 Å². The van der Waals surface area contributed by atoms with Crippen molar-refractivity contribution in [1.82, 2.24) is 0 Å². The van der Waals surface area contributed by atoms with Gasteiger partial charge in [0.25, 0.3) is 0 Å². The van der Waals surface area contributed by atoms with Gasteiger partial charge >= 0.3 is 0 Å². The highest BCUT2D eigenvalue weighted by molar-refractivity contribution is 6.27. The van der Waals surface area contributed by atoms with Crippen molar-refractivity contribution in [3.63, 3.8) is 0 Å². The number of rotatable bonds is 2. The second kappa shape index (κ2) is 4.73. The van der Waals surface area contributed by atoms with Gasteiger partial charge in [-0.2, -0.15) is 0 Å². The molecule has 0 atom stereocenters. The Labute approximate surface area is 113 Å². The van der Waals surface area contributed by atoms with Crippen molar-refractivity contribution in [2.75, 3.05) is 7.11 Å². The first kappa shape index (κ1) is 11.7. The van der Waals surface area contributed by atoms with Gasteiger partial charge in [0.05, 0.1) is 18.2 Å². The van der Waals surface area contributed by atoms with E-state index in [0.717, 1.165) is 5.75 Å². The number of ether oxygens (including phenoxy) is 1. The van der Waals surface area contributed by atoms with Gasteiger partial charge in [0.1, 0.15) is 5.75 Å². The number of benzene rings is 2. The van der Waals surface area contributed by atoms with Crippen LogP contribution in [0.2, 0.25) is 0 Å². The quantitative estimate of drug-likeness (QED) is 0.869. The van der Waals surface area contributed by atoms with Crippen LogP contribution in [0, 0.1) is 0 Å². The Morgan fingerprint density at radius 3 is 2.47 bits per heavy atom. The summed E-state index contributed by atoms with van der Waals surface area (Å²) >= 11 is 0. The van der Waals surface area contributed by atoms with Gasteiger partial charge in [0.2, 0.25) is 5.69 Å². The summed E-state index contributed by atoms with van der Waals surface area (Å²) in [5.41, 5.74) is 6.06. The summed E-state index contributed by atoms with van der Waals surface area (Å²) in [7, 11) is 1.68. The van der Waals surface area contributed by atoms with E-state index in [9.17, 15) is 0 Å². The van der Waals surface area contributed by atoms with Gasteiger partial charge in [-0.05, 0) is 29.8 Å². The molecule has 0 saturated heterocycles. The maximum absolute atomic E-state index is 5.18. The summed E-state index contributed by atoms with van der Waals surface area (Å²) in [6, 6.07) is 16.5. The molecule has 0 fully saturated rings. The predicted octanol–water partition coefficient (Wildman–Crippen LogP) is 2.42. The molecule has 19 heavy (non-hydrogen) atoms. The molecule has 0 radical (unpaired) electrons. The summed E-state index contributed by atoms with van der Waals surface area (Å²) < 4.78 is 5.18. The molecule has 3 rings (SSSR count). The molecule has 1 N–H and O–H groups in total. The molecule has 94 valence electrons. The third-order valence-corrected chi connectivity index (χ3v) is 3.37. The first-order valence-electron chi connectivity index (χ1n) is 6.34. The molecule has 0 spiro atoms. The normalized spacial score (nSPS) is 15.3. The number of hydrogen-bond donors (Lipinski definition) is 1. The highest BCUT2D eigenvalue weighted by Crippen LogP contribution is 2.26. The second-order valence-corrected chi connectivity index (χ2v) is 4.63. The molecule has 2 nitrogen and oxygen atoms in total. The monoisotopic (exact) mass is 250 g/mol. The highest BCUT2D eigenvalue weighted by Gasteiger charge is 2.23. The van der Waals surface area contributed by atoms with Crippen molar-refractivity contribution in [2.45, 2.75) is 6.92 Å². The third kappa shape index (κ3) is 2.17. The molecular formula is C17H16NO+. The van der Waals surface area contributed by atoms with E-state index in [0.29, 0.717) is 0 Å². The maximum atomic E-state index is 5.18. The minimum Gasteiger partial charge on any atom is -0.497 e. The van der Waals surface area contributed by atoms with Crippen LogP contribution in [0.5, 0.6) is 5.75 Å². The fourth-order valence-electron chi connectivity index (χ4n) is 2.35. The first-order valence-corrected chi connectivity index (χ1v) is 6.34. The first-order chi connectivity index (χ1) is 9.28.